The minimum absolute atomic E-state index is 0.0444. The van der Waals surface area contributed by atoms with E-state index in [2.05, 4.69) is 5.32 Å². The Morgan fingerprint density at radius 2 is 1.80 bits per heavy atom. The summed E-state index contributed by atoms with van der Waals surface area (Å²) in [7, 11) is 0. The van der Waals surface area contributed by atoms with Gasteiger partial charge in [-0.1, -0.05) is 19.3 Å². The van der Waals surface area contributed by atoms with Crippen LogP contribution < -0.4 is 11.1 Å². The summed E-state index contributed by atoms with van der Waals surface area (Å²) in [6.07, 6.45) is 5.94. The Kier molecular flexibility index (Phi) is 6.35. The summed E-state index contributed by atoms with van der Waals surface area (Å²) in [6.45, 7) is 0.579. The van der Waals surface area contributed by atoms with E-state index in [4.69, 9.17) is 10.2 Å². The molecule has 210 valence electrons. The average Bonchev–Trinajstić information content (AvgIpc) is 3.39. The van der Waals surface area contributed by atoms with Crippen molar-refractivity contribution in [1.29, 1.82) is 0 Å². The summed E-state index contributed by atoms with van der Waals surface area (Å²) in [4.78, 5) is 38.0. The molecule has 3 atom stereocenters. The molecular formula is C30H32N2O8. The Balaban J connectivity index is 1.37. The van der Waals surface area contributed by atoms with Gasteiger partial charge in [0.1, 0.15) is 34.4 Å². The number of Topliss-reactive ketones (excluding diaryl/α,β-unsaturated/α-hetero) is 2. The zero-order valence-corrected chi connectivity index (χ0v) is 21.9. The topological polar surface area (TPSA) is 183 Å². The van der Waals surface area contributed by atoms with E-state index in [9.17, 15) is 34.8 Å². The van der Waals surface area contributed by atoms with E-state index in [1.165, 1.54) is 25.3 Å². The normalized spacial score (nSPS) is 26.9. The molecule has 2 saturated carbocycles. The second-order valence-electron chi connectivity index (χ2n) is 11.4. The molecule has 7 N–H and O–H groups in total. The van der Waals surface area contributed by atoms with E-state index in [0.717, 1.165) is 18.6 Å². The van der Waals surface area contributed by atoms with Crippen LogP contribution in [-0.2, 0) is 27.3 Å². The second-order valence-corrected chi connectivity index (χ2v) is 11.4. The number of benzene rings is 1. The summed E-state index contributed by atoms with van der Waals surface area (Å²) < 4.78 is 6.15. The first kappa shape index (κ1) is 26.3. The second kappa shape index (κ2) is 9.64. The third kappa shape index (κ3) is 3.97. The monoisotopic (exact) mass is 548 g/mol. The Bertz CT molecular complexity index is 1490. The maximum atomic E-state index is 13.7. The van der Waals surface area contributed by atoms with Crippen LogP contribution in [0.15, 0.2) is 45.6 Å². The van der Waals surface area contributed by atoms with Gasteiger partial charge in [-0.15, -0.1) is 0 Å². The number of nitrogens with two attached hydrogens (primary N) is 1. The SMILES string of the molecule is NC(=O)C1=C(O)C2(O)C(=O)C3=C(O)c4c(O)ccc(-c5ccc(CNC6CCCCC6)o5)c4CC3CC2CC1=O. The van der Waals surface area contributed by atoms with Gasteiger partial charge in [0.05, 0.1) is 12.1 Å². The van der Waals surface area contributed by atoms with Gasteiger partial charge < -0.3 is 35.9 Å². The van der Waals surface area contributed by atoms with Crippen LogP contribution in [0.25, 0.3) is 17.1 Å². The summed E-state index contributed by atoms with van der Waals surface area (Å²) in [5.74, 6) is -5.18. The molecule has 0 aliphatic heterocycles. The van der Waals surface area contributed by atoms with Crippen molar-refractivity contribution in [2.75, 3.05) is 0 Å². The maximum absolute atomic E-state index is 13.7. The molecule has 10 nitrogen and oxygen atoms in total. The Hall–Kier alpha value is -3.89. The fraction of sp³-hybridized carbons (Fsp3) is 0.433. The lowest BCUT2D eigenvalue weighted by Gasteiger charge is -2.46. The number of hydrogen-bond donors (Lipinski definition) is 6. The van der Waals surface area contributed by atoms with Crippen molar-refractivity contribution in [3.63, 3.8) is 0 Å². The van der Waals surface area contributed by atoms with Gasteiger partial charge in [0.2, 0.25) is 5.78 Å². The van der Waals surface area contributed by atoms with Crippen molar-refractivity contribution in [3.8, 4) is 17.1 Å². The fourth-order valence-corrected chi connectivity index (χ4v) is 7.02. The molecule has 0 spiro atoms. The van der Waals surface area contributed by atoms with Gasteiger partial charge in [-0.25, -0.2) is 0 Å². The summed E-state index contributed by atoms with van der Waals surface area (Å²) >= 11 is 0. The molecule has 1 aromatic carbocycles. The first-order valence-electron chi connectivity index (χ1n) is 13.8. The van der Waals surface area contributed by atoms with Gasteiger partial charge in [0, 0.05) is 29.5 Å². The number of furan rings is 1. The number of aromatic hydroxyl groups is 1. The van der Waals surface area contributed by atoms with E-state index in [0.29, 0.717) is 29.5 Å². The van der Waals surface area contributed by atoms with Crippen molar-refractivity contribution >= 4 is 23.2 Å². The molecule has 1 amide bonds. The summed E-state index contributed by atoms with van der Waals surface area (Å²) in [5.41, 5.74) is 2.95. The number of fused-ring (bicyclic) bond motifs is 3. The molecule has 4 aliphatic rings. The van der Waals surface area contributed by atoms with E-state index >= 15 is 0 Å². The van der Waals surface area contributed by atoms with Crippen LogP contribution in [0, 0.1) is 11.8 Å². The molecule has 40 heavy (non-hydrogen) atoms. The quantitative estimate of drug-likeness (QED) is 0.306. The lowest BCUT2D eigenvalue weighted by atomic mass is 9.59. The lowest BCUT2D eigenvalue weighted by Crippen LogP contribution is -2.58. The smallest absolute Gasteiger partial charge is 0.255 e. The molecule has 10 heteroatoms. The number of aliphatic hydroxyl groups is 3. The summed E-state index contributed by atoms with van der Waals surface area (Å²) in [6, 6.07) is 7.28. The highest BCUT2D eigenvalue weighted by molar-refractivity contribution is 6.22. The van der Waals surface area contributed by atoms with E-state index in [1.807, 2.05) is 12.1 Å². The van der Waals surface area contributed by atoms with Crippen LogP contribution in [0.1, 0.15) is 61.8 Å². The van der Waals surface area contributed by atoms with Gasteiger partial charge in [0.15, 0.2) is 11.4 Å². The number of carbonyl (C=O) groups excluding carboxylic acids is 3. The number of primary amides is 1. The first-order chi connectivity index (χ1) is 19.1. The minimum atomic E-state index is -2.58. The van der Waals surface area contributed by atoms with Gasteiger partial charge in [-0.2, -0.15) is 0 Å². The highest BCUT2D eigenvalue weighted by Gasteiger charge is 2.60. The van der Waals surface area contributed by atoms with Crippen molar-refractivity contribution in [2.45, 2.75) is 69.6 Å². The molecule has 1 heterocycles. The zero-order valence-electron chi connectivity index (χ0n) is 21.9. The van der Waals surface area contributed by atoms with Gasteiger partial charge >= 0.3 is 0 Å². The standard InChI is InChI=1S/C30H32N2O8/c31-29(38)25-21(34)12-15-10-14-11-19-18(22-9-6-17(40-22)13-32-16-4-2-1-3-5-16)7-8-20(33)24(19)26(35)23(14)27(36)30(15,39)28(25)37/h6-9,14-16,32-33,35,37,39H,1-5,10-13H2,(H2,31,38). The molecule has 2 fully saturated rings. The molecule has 1 aromatic heterocycles. The fourth-order valence-electron chi connectivity index (χ4n) is 7.02. The predicted molar refractivity (Wildman–Crippen MR) is 143 cm³/mol. The van der Waals surface area contributed by atoms with Crippen LogP contribution in [0.4, 0.5) is 0 Å². The van der Waals surface area contributed by atoms with Gasteiger partial charge in [-0.05, 0) is 61.4 Å². The Morgan fingerprint density at radius 3 is 2.52 bits per heavy atom. The number of phenols is 1. The number of phenolic OH excluding ortho intramolecular Hbond substituents is 1. The van der Waals surface area contributed by atoms with Crippen LogP contribution in [-0.4, -0.2) is 49.5 Å². The lowest BCUT2D eigenvalue weighted by molar-refractivity contribution is -0.147. The summed E-state index contributed by atoms with van der Waals surface area (Å²) in [5, 5.41) is 47.7. The van der Waals surface area contributed by atoms with Crippen molar-refractivity contribution in [2.24, 2.45) is 17.6 Å². The number of hydrogen-bond acceptors (Lipinski definition) is 9. The molecule has 0 bridgehead atoms. The van der Waals surface area contributed by atoms with Crippen molar-refractivity contribution in [3.05, 3.63) is 58.1 Å². The van der Waals surface area contributed by atoms with Gasteiger partial charge in [0.25, 0.3) is 5.91 Å². The van der Waals surface area contributed by atoms with Crippen LogP contribution in [0.2, 0.25) is 0 Å². The van der Waals surface area contributed by atoms with Crippen LogP contribution in [0.3, 0.4) is 0 Å². The predicted octanol–water partition coefficient (Wildman–Crippen LogP) is 3.11. The van der Waals surface area contributed by atoms with E-state index in [1.54, 1.807) is 6.07 Å². The molecule has 4 aliphatic carbocycles. The van der Waals surface area contributed by atoms with Crippen molar-refractivity contribution in [1.82, 2.24) is 5.32 Å². The van der Waals surface area contributed by atoms with Crippen LogP contribution in [0.5, 0.6) is 5.75 Å². The highest BCUT2D eigenvalue weighted by Crippen LogP contribution is 2.53. The average molecular weight is 549 g/mol. The number of ketones is 2. The highest BCUT2D eigenvalue weighted by atomic mass is 16.4. The van der Waals surface area contributed by atoms with Crippen LogP contribution >= 0.6 is 0 Å². The molecule has 0 saturated heterocycles. The third-order valence-corrected chi connectivity index (χ3v) is 9.04. The zero-order chi connectivity index (χ0) is 28.3. The number of nitrogens with one attached hydrogen (secondary N) is 1. The van der Waals surface area contributed by atoms with E-state index in [-0.39, 0.29) is 36.1 Å². The third-order valence-electron chi connectivity index (χ3n) is 9.04. The molecule has 3 unspecified atom stereocenters. The van der Waals surface area contributed by atoms with Gasteiger partial charge in [-0.3, -0.25) is 14.4 Å². The number of rotatable bonds is 5. The number of aliphatic hydroxyl groups excluding tert-OH is 2. The van der Waals surface area contributed by atoms with E-state index < -0.39 is 52.0 Å². The molecule has 6 rings (SSSR count). The molecule has 0 radical (unpaired) electrons. The maximum Gasteiger partial charge on any atom is 0.255 e. The van der Waals surface area contributed by atoms with Crippen molar-refractivity contribution < 1.29 is 39.2 Å². The largest absolute Gasteiger partial charge is 0.508 e. The first-order valence-corrected chi connectivity index (χ1v) is 13.8. The Labute approximate surface area is 230 Å². The molecular weight excluding hydrogens is 516 g/mol. The number of carbonyl (C=O) groups is 3. The number of amides is 1. The molecule has 2 aromatic rings. The minimum Gasteiger partial charge on any atom is -0.508 e. The Morgan fingerprint density at radius 1 is 1.05 bits per heavy atom.